The minimum atomic E-state index is -1.21. The summed E-state index contributed by atoms with van der Waals surface area (Å²) >= 11 is 0. The summed E-state index contributed by atoms with van der Waals surface area (Å²) < 4.78 is 0. The Labute approximate surface area is 115 Å². The van der Waals surface area contributed by atoms with Gasteiger partial charge >= 0.3 is 12.0 Å². The Kier molecular flexibility index (Phi) is 4.96. The number of nitrogens with one attached hydrogen (secondary N) is 2. The molecule has 0 bridgehead atoms. The van der Waals surface area contributed by atoms with Crippen molar-refractivity contribution in [3.8, 4) is 0 Å². The predicted octanol–water partition coefficient (Wildman–Crippen LogP) is 1.46. The van der Waals surface area contributed by atoms with Crippen LogP contribution in [0.3, 0.4) is 0 Å². The summed E-state index contributed by atoms with van der Waals surface area (Å²) in [7, 11) is 0. The largest absolute Gasteiger partial charge is 0.478 e. The molecule has 7 nitrogen and oxygen atoms in total. The van der Waals surface area contributed by atoms with E-state index in [2.05, 4.69) is 15.6 Å². The number of aromatic nitrogens is 1. The van der Waals surface area contributed by atoms with Crippen molar-refractivity contribution in [3.05, 3.63) is 35.2 Å². The molecule has 0 aliphatic rings. The lowest BCUT2D eigenvalue weighted by atomic mass is 10.1. The molecule has 0 atom stereocenters. The Balaban J connectivity index is 2.73. The first kappa shape index (κ1) is 15.4. The Morgan fingerprint density at radius 1 is 1.20 bits per heavy atom. The molecule has 0 unspecified atom stereocenters. The van der Waals surface area contributed by atoms with Crippen LogP contribution in [0.5, 0.6) is 0 Å². The lowest BCUT2D eigenvalue weighted by molar-refractivity contribution is -0.133. The number of carboxylic acids is 1. The molecule has 1 rings (SSSR count). The number of carboxylic acid groups (broad SMARTS) is 1. The van der Waals surface area contributed by atoms with Gasteiger partial charge in [0.1, 0.15) is 0 Å². The van der Waals surface area contributed by atoms with Crippen LogP contribution in [-0.2, 0) is 9.59 Å². The third-order valence-corrected chi connectivity index (χ3v) is 2.71. The van der Waals surface area contributed by atoms with Gasteiger partial charge < -0.3 is 10.4 Å². The van der Waals surface area contributed by atoms with Gasteiger partial charge in [-0.25, -0.2) is 9.59 Å². The zero-order valence-corrected chi connectivity index (χ0v) is 11.4. The molecule has 0 aliphatic heterocycles. The van der Waals surface area contributed by atoms with E-state index in [1.807, 2.05) is 0 Å². The van der Waals surface area contributed by atoms with Crippen molar-refractivity contribution in [1.29, 1.82) is 0 Å². The van der Waals surface area contributed by atoms with Gasteiger partial charge in [-0.05, 0) is 32.9 Å². The summed E-state index contributed by atoms with van der Waals surface area (Å²) in [4.78, 5) is 38.0. The monoisotopic (exact) mass is 277 g/mol. The van der Waals surface area contributed by atoms with Gasteiger partial charge in [-0.2, -0.15) is 0 Å². The Morgan fingerprint density at radius 2 is 1.85 bits per heavy atom. The smallest absolute Gasteiger partial charge is 0.331 e. The van der Waals surface area contributed by atoms with Crippen molar-refractivity contribution >= 4 is 23.6 Å². The topological polar surface area (TPSA) is 108 Å². The minimum absolute atomic E-state index is 0.0319. The van der Waals surface area contributed by atoms with Gasteiger partial charge in [0.2, 0.25) is 0 Å². The Hall–Kier alpha value is -2.70. The maximum atomic E-state index is 11.7. The normalized spacial score (nSPS) is 11.3. The van der Waals surface area contributed by atoms with Crippen LogP contribution in [0, 0.1) is 6.92 Å². The van der Waals surface area contributed by atoms with Crippen molar-refractivity contribution in [2.75, 3.05) is 5.32 Å². The van der Waals surface area contributed by atoms with E-state index in [1.54, 1.807) is 25.3 Å². The Morgan fingerprint density at radius 3 is 2.40 bits per heavy atom. The molecule has 3 amide bonds. The van der Waals surface area contributed by atoms with E-state index in [0.717, 1.165) is 0 Å². The first-order valence-electron chi connectivity index (χ1n) is 5.77. The molecule has 0 saturated carbocycles. The average molecular weight is 277 g/mol. The number of aryl methyl sites for hydroxylation is 1. The third kappa shape index (κ3) is 3.91. The predicted molar refractivity (Wildman–Crippen MR) is 72.1 cm³/mol. The van der Waals surface area contributed by atoms with Crippen LogP contribution >= 0.6 is 0 Å². The number of imide groups is 1. The van der Waals surface area contributed by atoms with Gasteiger partial charge in [-0.3, -0.25) is 15.1 Å². The van der Waals surface area contributed by atoms with Crippen LogP contribution < -0.4 is 10.6 Å². The highest BCUT2D eigenvalue weighted by Gasteiger charge is 2.15. The number of hydrogen-bond acceptors (Lipinski definition) is 4. The molecule has 3 N–H and O–H groups in total. The second-order valence-electron chi connectivity index (χ2n) is 4.10. The number of carbonyl (C=O) groups excluding carboxylic acids is 2. The molecule has 0 fully saturated rings. The molecule has 0 spiro atoms. The van der Waals surface area contributed by atoms with E-state index in [1.165, 1.54) is 13.8 Å². The molecule has 1 aromatic rings. The van der Waals surface area contributed by atoms with Crippen molar-refractivity contribution in [2.24, 2.45) is 0 Å². The van der Waals surface area contributed by atoms with E-state index < -0.39 is 17.9 Å². The summed E-state index contributed by atoms with van der Waals surface area (Å²) in [6, 6.07) is 2.53. The van der Waals surface area contributed by atoms with Crippen LogP contribution in [0.4, 0.5) is 10.5 Å². The van der Waals surface area contributed by atoms with E-state index >= 15 is 0 Å². The molecular formula is C13H15N3O4. The zero-order chi connectivity index (χ0) is 15.3. The van der Waals surface area contributed by atoms with E-state index in [9.17, 15) is 14.4 Å². The number of pyridine rings is 1. The number of urea groups is 1. The summed E-state index contributed by atoms with van der Waals surface area (Å²) in [6.45, 7) is 4.33. The molecule has 0 saturated heterocycles. The summed E-state index contributed by atoms with van der Waals surface area (Å²) in [5.41, 5.74) is 0.918. The number of nitrogens with zero attached hydrogens (tertiary/aromatic N) is 1. The maximum absolute atomic E-state index is 11.7. The fraction of sp³-hybridized carbons (Fsp3) is 0.231. The van der Waals surface area contributed by atoms with Gasteiger partial charge in [0.25, 0.3) is 5.91 Å². The minimum Gasteiger partial charge on any atom is -0.478 e. The molecule has 1 heterocycles. The van der Waals surface area contributed by atoms with Crippen LogP contribution in [0.2, 0.25) is 0 Å². The number of hydrogen-bond donors (Lipinski definition) is 3. The standard InChI is InChI=1S/C13H15N3O4/c1-7(8(2)12(18)19)11(17)16-13(20)15-10-5-4-6-14-9(10)3/h4-6H,1-3H3,(H,18,19)(H2,15,16,17,20). The van der Waals surface area contributed by atoms with Gasteiger partial charge in [-0.1, -0.05) is 0 Å². The number of anilines is 1. The number of rotatable bonds is 3. The summed E-state index contributed by atoms with van der Waals surface area (Å²) in [5.74, 6) is -1.97. The highest BCUT2D eigenvalue weighted by molar-refractivity contribution is 6.10. The summed E-state index contributed by atoms with van der Waals surface area (Å²) in [5, 5.41) is 13.3. The Bertz CT molecular complexity index is 593. The van der Waals surface area contributed by atoms with Crippen molar-refractivity contribution in [3.63, 3.8) is 0 Å². The fourth-order valence-electron chi connectivity index (χ4n) is 1.30. The molecule has 0 radical (unpaired) electrons. The van der Waals surface area contributed by atoms with Crippen LogP contribution in [-0.4, -0.2) is 28.0 Å². The highest BCUT2D eigenvalue weighted by atomic mass is 16.4. The molecule has 7 heteroatoms. The molecule has 0 aromatic carbocycles. The van der Waals surface area contributed by atoms with Crippen molar-refractivity contribution in [1.82, 2.24) is 10.3 Å². The number of carbonyl (C=O) groups is 3. The summed E-state index contributed by atoms with van der Waals surface area (Å²) in [6.07, 6.45) is 1.58. The van der Waals surface area contributed by atoms with E-state index in [-0.39, 0.29) is 11.1 Å². The van der Waals surface area contributed by atoms with Gasteiger partial charge in [0, 0.05) is 17.3 Å². The van der Waals surface area contributed by atoms with E-state index in [4.69, 9.17) is 5.11 Å². The third-order valence-electron chi connectivity index (χ3n) is 2.71. The highest BCUT2D eigenvalue weighted by Crippen LogP contribution is 2.10. The van der Waals surface area contributed by atoms with Gasteiger partial charge in [-0.15, -0.1) is 0 Å². The fourth-order valence-corrected chi connectivity index (χ4v) is 1.30. The molecular weight excluding hydrogens is 262 g/mol. The molecule has 1 aromatic heterocycles. The first-order chi connectivity index (χ1) is 9.32. The molecule has 20 heavy (non-hydrogen) atoms. The molecule has 0 aliphatic carbocycles. The van der Waals surface area contributed by atoms with Gasteiger partial charge in [0.05, 0.1) is 11.4 Å². The maximum Gasteiger partial charge on any atom is 0.331 e. The van der Waals surface area contributed by atoms with Crippen molar-refractivity contribution in [2.45, 2.75) is 20.8 Å². The molecule has 106 valence electrons. The SMILES string of the molecule is CC(C(=O)O)=C(C)C(=O)NC(=O)Nc1cccnc1C. The van der Waals surface area contributed by atoms with Crippen LogP contribution in [0.1, 0.15) is 19.5 Å². The van der Waals surface area contributed by atoms with Crippen LogP contribution in [0.15, 0.2) is 29.5 Å². The number of amides is 3. The second kappa shape index (κ2) is 6.46. The lowest BCUT2D eigenvalue weighted by Gasteiger charge is -2.09. The quantitative estimate of drug-likeness (QED) is 0.725. The first-order valence-corrected chi connectivity index (χ1v) is 5.77. The van der Waals surface area contributed by atoms with E-state index in [0.29, 0.717) is 11.4 Å². The average Bonchev–Trinajstić information content (AvgIpc) is 2.39. The van der Waals surface area contributed by atoms with Crippen LogP contribution in [0.25, 0.3) is 0 Å². The lowest BCUT2D eigenvalue weighted by Crippen LogP contribution is -2.35. The van der Waals surface area contributed by atoms with Crippen molar-refractivity contribution < 1.29 is 19.5 Å². The number of aliphatic carboxylic acids is 1. The van der Waals surface area contributed by atoms with Gasteiger partial charge in [0.15, 0.2) is 0 Å². The second-order valence-corrected chi connectivity index (χ2v) is 4.10. The zero-order valence-electron chi connectivity index (χ0n) is 11.4.